The van der Waals surface area contributed by atoms with E-state index in [1.165, 1.54) is 6.92 Å². The summed E-state index contributed by atoms with van der Waals surface area (Å²) in [4.78, 5) is 23.7. The zero-order chi connectivity index (χ0) is 13.4. The first kappa shape index (κ1) is 13.7. The van der Waals surface area contributed by atoms with Crippen LogP contribution < -0.4 is 0 Å². The van der Waals surface area contributed by atoms with Crippen LogP contribution in [0.4, 0.5) is 9.18 Å². The Labute approximate surface area is 99.5 Å². The van der Waals surface area contributed by atoms with Crippen LogP contribution in [0.1, 0.15) is 27.7 Å². The van der Waals surface area contributed by atoms with E-state index in [0.717, 1.165) is 4.90 Å². The molecule has 1 amide bonds. The van der Waals surface area contributed by atoms with Gasteiger partial charge in [0.15, 0.2) is 0 Å². The van der Waals surface area contributed by atoms with E-state index in [4.69, 9.17) is 9.84 Å². The number of rotatable bonds is 1. The lowest BCUT2D eigenvalue weighted by atomic mass is 10.1. The van der Waals surface area contributed by atoms with Crippen molar-refractivity contribution in [3.05, 3.63) is 0 Å². The molecule has 17 heavy (non-hydrogen) atoms. The van der Waals surface area contributed by atoms with E-state index in [1.807, 2.05) is 0 Å². The third-order valence-corrected chi connectivity index (χ3v) is 2.68. The molecule has 1 heterocycles. The van der Waals surface area contributed by atoms with Crippen LogP contribution in [-0.4, -0.2) is 46.4 Å². The molecule has 6 heteroatoms. The zero-order valence-corrected chi connectivity index (χ0v) is 10.4. The minimum atomic E-state index is -1.56. The van der Waals surface area contributed by atoms with E-state index in [2.05, 4.69) is 0 Å². The Hall–Kier alpha value is -1.33. The third-order valence-electron chi connectivity index (χ3n) is 2.68. The minimum Gasteiger partial charge on any atom is -0.481 e. The molecular weight excluding hydrogens is 229 g/mol. The van der Waals surface area contributed by atoms with Gasteiger partial charge < -0.3 is 14.7 Å². The number of nitrogens with zero attached hydrogens (tertiary/aromatic N) is 1. The van der Waals surface area contributed by atoms with Crippen molar-refractivity contribution in [3.63, 3.8) is 0 Å². The normalized spacial score (nSPS) is 29.2. The maximum Gasteiger partial charge on any atom is 0.410 e. The van der Waals surface area contributed by atoms with Gasteiger partial charge in [-0.25, -0.2) is 9.18 Å². The number of aliphatic carboxylic acids is 1. The van der Waals surface area contributed by atoms with Crippen LogP contribution >= 0.6 is 0 Å². The van der Waals surface area contributed by atoms with Crippen LogP contribution in [0.3, 0.4) is 0 Å². The van der Waals surface area contributed by atoms with Crippen molar-refractivity contribution < 1.29 is 23.8 Å². The highest BCUT2D eigenvalue weighted by atomic mass is 19.1. The first-order valence-corrected chi connectivity index (χ1v) is 5.50. The first-order chi connectivity index (χ1) is 7.63. The number of carbonyl (C=O) groups is 2. The number of ether oxygens (including phenoxy) is 1. The van der Waals surface area contributed by atoms with Gasteiger partial charge in [-0.3, -0.25) is 4.79 Å². The summed E-state index contributed by atoms with van der Waals surface area (Å²) in [5, 5.41) is 8.81. The van der Waals surface area contributed by atoms with Gasteiger partial charge in [-0.05, 0) is 27.7 Å². The average molecular weight is 247 g/mol. The smallest absolute Gasteiger partial charge is 0.410 e. The SMILES string of the molecule is CC1C(F)C(C(=O)O)CN1C(=O)OC(C)(C)C. The second-order valence-corrected chi connectivity index (χ2v) is 5.26. The Bertz CT molecular complexity index is 326. The summed E-state index contributed by atoms with van der Waals surface area (Å²) in [5.74, 6) is -2.40. The number of amides is 1. The molecule has 1 saturated heterocycles. The number of carboxylic acid groups (broad SMARTS) is 1. The number of hydrogen-bond donors (Lipinski definition) is 1. The summed E-state index contributed by atoms with van der Waals surface area (Å²) in [5.41, 5.74) is -0.677. The average Bonchev–Trinajstić information content (AvgIpc) is 2.41. The first-order valence-electron chi connectivity index (χ1n) is 5.50. The molecule has 0 saturated carbocycles. The van der Waals surface area contributed by atoms with E-state index in [-0.39, 0.29) is 6.54 Å². The maximum absolute atomic E-state index is 13.6. The van der Waals surface area contributed by atoms with Crippen molar-refractivity contribution in [1.29, 1.82) is 0 Å². The summed E-state index contributed by atoms with van der Waals surface area (Å²) in [6.45, 7) is 6.44. The van der Waals surface area contributed by atoms with E-state index in [0.29, 0.717) is 0 Å². The number of alkyl halides is 1. The Kier molecular flexibility index (Phi) is 3.64. The van der Waals surface area contributed by atoms with Gasteiger partial charge in [0.05, 0.1) is 6.04 Å². The van der Waals surface area contributed by atoms with Crippen molar-refractivity contribution in [2.75, 3.05) is 6.54 Å². The van der Waals surface area contributed by atoms with Gasteiger partial charge in [0, 0.05) is 6.54 Å². The standard InChI is InChI=1S/C11H18FNO4/c1-6-8(12)7(9(14)15)5-13(6)10(16)17-11(2,3)4/h6-8H,5H2,1-4H3,(H,14,15). The quantitative estimate of drug-likeness (QED) is 0.765. The summed E-state index contributed by atoms with van der Waals surface area (Å²) in [7, 11) is 0. The molecule has 1 aliphatic rings. The molecule has 0 radical (unpaired) electrons. The van der Waals surface area contributed by atoms with Crippen LogP contribution in [0, 0.1) is 5.92 Å². The topological polar surface area (TPSA) is 66.8 Å². The summed E-state index contributed by atoms with van der Waals surface area (Å²) < 4.78 is 18.7. The number of likely N-dealkylation sites (tertiary alicyclic amines) is 1. The van der Waals surface area contributed by atoms with Crippen LogP contribution in [0.25, 0.3) is 0 Å². The summed E-state index contributed by atoms with van der Waals surface area (Å²) in [6.07, 6.45) is -2.23. The molecule has 0 aromatic heterocycles. The van der Waals surface area contributed by atoms with Crippen LogP contribution in [0.15, 0.2) is 0 Å². The number of carboxylic acids is 1. The highest BCUT2D eigenvalue weighted by molar-refractivity contribution is 5.75. The molecule has 1 rings (SSSR count). The lowest BCUT2D eigenvalue weighted by Gasteiger charge is -2.27. The van der Waals surface area contributed by atoms with Crippen LogP contribution in [-0.2, 0) is 9.53 Å². The Morgan fingerprint density at radius 3 is 2.29 bits per heavy atom. The zero-order valence-electron chi connectivity index (χ0n) is 10.4. The third kappa shape index (κ3) is 3.08. The molecule has 3 unspecified atom stereocenters. The minimum absolute atomic E-state index is 0.146. The monoisotopic (exact) mass is 247 g/mol. The molecule has 5 nitrogen and oxygen atoms in total. The molecule has 1 aliphatic heterocycles. The Morgan fingerprint density at radius 1 is 1.41 bits per heavy atom. The van der Waals surface area contributed by atoms with Crippen LogP contribution in [0.5, 0.6) is 0 Å². The van der Waals surface area contributed by atoms with Gasteiger partial charge in [-0.15, -0.1) is 0 Å². The van der Waals surface area contributed by atoms with Crippen LogP contribution in [0.2, 0.25) is 0 Å². The van der Waals surface area contributed by atoms with Gasteiger partial charge in [0.25, 0.3) is 0 Å². The van der Waals surface area contributed by atoms with E-state index >= 15 is 0 Å². The predicted molar refractivity (Wildman–Crippen MR) is 58.4 cm³/mol. The molecular formula is C11H18FNO4. The van der Waals surface area contributed by atoms with Crippen molar-refractivity contribution in [2.24, 2.45) is 5.92 Å². The summed E-state index contributed by atoms with van der Waals surface area (Å²) in [6, 6.07) is -0.772. The fourth-order valence-electron chi connectivity index (χ4n) is 1.76. The Morgan fingerprint density at radius 2 is 1.94 bits per heavy atom. The Balaban J connectivity index is 2.74. The van der Waals surface area contributed by atoms with E-state index in [9.17, 15) is 14.0 Å². The van der Waals surface area contributed by atoms with Gasteiger partial charge in [-0.1, -0.05) is 0 Å². The van der Waals surface area contributed by atoms with Gasteiger partial charge in [-0.2, -0.15) is 0 Å². The van der Waals surface area contributed by atoms with Crippen molar-refractivity contribution >= 4 is 12.1 Å². The molecule has 0 spiro atoms. The molecule has 1 fully saturated rings. The molecule has 0 aromatic rings. The fraction of sp³-hybridized carbons (Fsp3) is 0.818. The van der Waals surface area contributed by atoms with Gasteiger partial charge in [0.2, 0.25) is 0 Å². The van der Waals surface area contributed by atoms with Gasteiger partial charge in [0.1, 0.15) is 17.7 Å². The maximum atomic E-state index is 13.6. The molecule has 3 atom stereocenters. The van der Waals surface area contributed by atoms with Gasteiger partial charge >= 0.3 is 12.1 Å². The molecule has 0 aromatic carbocycles. The number of carbonyl (C=O) groups excluding carboxylic acids is 1. The van der Waals surface area contributed by atoms with Crippen molar-refractivity contribution in [3.8, 4) is 0 Å². The lowest BCUT2D eigenvalue weighted by molar-refractivity contribution is -0.142. The number of hydrogen-bond acceptors (Lipinski definition) is 3. The fourth-order valence-corrected chi connectivity index (χ4v) is 1.76. The van der Waals surface area contributed by atoms with Crippen molar-refractivity contribution in [2.45, 2.75) is 45.5 Å². The molecule has 1 N–H and O–H groups in total. The highest BCUT2D eigenvalue weighted by Crippen LogP contribution is 2.28. The lowest BCUT2D eigenvalue weighted by Crippen LogP contribution is -2.40. The highest BCUT2D eigenvalue weighted by Gasteiger charge is 2.46. The second-order valence-electron chi connectivity index (χ2n) is 5.26. The predicted octanol–water partition coefficient (Wildman–Crippen LogP) is 1.66. The van der Waals surface area contributed by atoms with E-state index in [1.54, 1.807) is 20.8 Å². The molecule has 0 aliphatic carbocycles. The molecule has 0 bridgehead atoms. The molecule has 98 valence electrons. The van der Waals surface area contributed by atoms with E-state index < -0.39 is 35.8 Å². The largest absolute Gasteiger partial charge is 0.481 e. The number of halogens is 1. The summed E-state index contributed by atoms with van der Waals surface area (Å²) >= 11 is 0. The second kappa shape index (κ2) is 4.50. The van der Waals surface area contributed by atoms with Crippen molar-refractivity contribution in [1.82, 2.24) is 4.90 Å².